The molecule has 0 saturated heterocycles. The highest BCUT2D eigenvalue weighted by Gasteiger charge is 2.20. The second-order valence-electron chi connectivity index (χ2n) is 5.90. The molecule has 0 heterocycles. The van der Waals surface area contributed by atoms with Gasteiger partial charge in [-0.15, -0.1) is 0 Å². The lowest BCUT2D eigenvalue weighted by molar-refractivity contribution is -0.384. The number of nitro benzene ring substituents is 1. The van der Waals surface area contributed by atoms with E-state index in [4.69, 9.17) is 4.74 Å². The van der Waals surface area contributed by atoms with Gasteiger partial charge in [0.05, 0.1) is 17.7 Å². The van der Waals surface area contributed by atoms with Crippen LogP contribution < -0.4 is 10.1 Å². The van der Waals surface area contributed by atoms with Crippen LogP contribution in [0.15, 0.2) is 36.4 Å². The maximum atomic E-state index is 12.9. The maximum Gasteiger partial charge on any atom is 0.269 e. The Labute approximate surface area is 155 Å². The van der Waals surface area contributed by atoms with E-state index >= 15 is 0 Å². The van der Waals surface area contributed by atoms with Crippen LogP contribution in [0.4, 0.5) is 11.4 Å². The van der Waals surface area contributed by atoms with Crippen molar-refractivity contribution >= 4 is 28.8 Å². The Bertz CT molecular complexity index is 919. The Kier molecular flexibility index (Phi) is 6.02. The molecule has 140 valence electrons. The molecule has 0 aliphatic heterocycles. The predicted molar refractivity (Wildman–Crippen MR) is 98.2 cm³/mol. The minimum absolute atomic E-state index is 0.00929. The number of nitrogens with one attached hydrogen (secondary N) is 1. The number of non-ortho nitro benzene ring substituents is 1. The molecule has 2 aromatic rings. The number of methoxy groups -OCH3 is 1. The molecule has 0 bridgehead atoms. The summed E-state index contributed by atoms with van der Waals surface area (Å²) in [6, 6.07) is 8.16. The summed E-state index contributed by atoms with van der Waals surface area (Å²) >= 11 is 0. The molecule has 27 heavy (non-hydrogen) atoms. The topological polar surface area (TPSA) is 116 Å². The zero-order chi connectivity index (χ0) is 20.1. The van der Waals surface area contributed by atoms with Crippen LogP contribution in [0, 0.1) is 10.1 Å². The first kappa shape index (κ1) is 19.8. The fourth-order valence-electron chi connectivity index (χ4n) is 2.60. The Morgan fingerprint density at radius 2 is 1.74 bits per heavy atom. The monoisotopic (exact) mass is 370 g/mol. The molecule has 2 aromatic carbocycles. The van der Waals surface area contributed by atoms with Crippen molar-refractivity contribution in [3.63, 3.8) is 0 Å². The van der Waals surface area contributed by atoms with E-state index in [0.29, 0.717) is 11.3 Å². The zero-order valence-corrected chi connectivity index (χ0v) is 15.1. The molecule has 0 radical (unpaired) electrons. The number of benzene rings is 2. The van der Waals surface area contributed by atoms with Gasteiger partial charge < -0.3 is 10.1 Å². The molecule has 8 heteroatoms. The summed E-state index contributed by atoms with van der Waals surface area (Å²) in [5, 5.41) is 13.4. The Morgan fingerprint density at radius 3 is 2.22 bits per heavy atom. The van der Waals surface area contributed by atoms with E-state index in [-0.39, 0.29) is 40.7 Å². The zero-order valence-electron chi connectivity index (χ0n) is 15.1. The summed E-state index contributed by atoms with van der Waals surface area (Å²) in [7, 11) is 1.39. The van der Waals surface area contributed by atoms with Crippen molar-refractivity contribution in [3.8, 4) is 5.75 Å². The van der Waals surface area contributed by atoms with Crippen LogP contribution in [-0.2, 0) is 16.0 Å². The summed E-state index contributed by atoms with van der Waals surface area (Å²) in [5.74, 6) is -0.625. The van der Waals surface area contributed by atoms with Crippen LogP contribution in [-0.4, -0.2) is 29.5 Å². The number of anilines is 1. The van der Waals surface area contributed by atoms with Gasteiger partial charge in [-0.2, -0.15) is 0 Å². The Hall–Kier alpha value is -3.55. The maximum absolute atomic E-state index is 12.9. The number of ketones is 2. The van der Waals surface area contributed by atoms with Crippen LogP contribution >= 0.6 is 0 Å². The molecule has 0 saturated carbocycles. The van der Waals surface area contributed by atoms with E-state index in [1.54, 1.807) is 0 Å². The lowest BCUT2D eigenvalue weighted by atomic mass is 9.94. The highest BCUT2D eigenvalue weighted by molar-refractivity contribution is 6.11. The first-order valence-electron chi connectivity index (χ1n) is 8.00. The number of carbonyl (C=O) groups excluding carboxylic acids is 3. The van der Waals surface area contributed by atoms with Gasteiger partial charge in [-0.25, -0.2) is 0 Å². The average molecular weight is 370 g/mol. The number of carbonyl (C=O) groups is 3. The third kappa shape index (κ3) is 4.75. The largest absolute Gasteiger partial charge is 0.495 e. The second-order valence-corrected chi connectivity index (χ2v) is 5.90. The quantitative estimate of drug-likeness (QED) is 0.455. The SMILES string of the molecule is COc1cc(C(=O)c2ccc([N+](=O)[O-])cc2)c(CC(C)=O)cc1NC(C)=O. The van der Waals surface area contributed by atoms with E-state index in [2.05, 4.69) is 5.32 Å². The lowest BCUT2D eigenvalue weighted by Crippen LogP contribution is -2.12. The van der Waals surface area contributed by atoms with Gasteiger partial charge in [-0.3, -0.25) is 24.5 Å². The molecule has 1 amide bonds. The minimum atomic E-state index is -0.555. The molecular formula is C19H18N2O6. The number of nitrogens with zero attached hydrogens (tertiary/aromatic N) is 1. The fraction of sp³-hybridized carbons (Fsp3) is 0.211. The molecule has 0 spiro atoms. The summed E-state index contributed by atoms with van der Waals surface area (Å²) in [6.07, 6.45) is -0.00929. The predicted octanol–water partition coefficient (Wildman–Crippen LogP) is 2.92. The van der Waals surface area contributed by atoms with E-state index in [1.165, 1.54) is 57.4 Å². The lowest BCUT2D eigenvalue weighted by Gasteiger charge is -2.15. The molecule has 0 aromatic heterocycles. The van der Waals surface area contributed by atoms with Crippen LogP contribution in [0.25, 0.3) is 0 Å². The number of rotatable bonds is 7. The van der Waals surface area contributed by atoms with Gasteiger partial charge in [-0.1, -0.05) is 0 Å². The summed E-state index contributed by atoms with van der Waals surface area (Å²) in [4.78, 5) is 46.1. The fourth-order valence-corrected chi connectivity index (χ4v) is 2.60. The van der Waals surface area contributed by atoms with Crippen molar-refractivity contribution in [2.24, 2.45) is 0 Å². The standard InChI is InChI=1S/C19H18N2O6/c1-11(22)8-14-9-17(20-12(2)23)18(27-3)10-16(14)19(24)13-4-6-15(7-5-13)21(25)26/h4-7,9-10H,8H2,1-3H3,(H,20,23). The highest BCUT2D eigenvalue weighted by atomic mass is 16.6. The van der Waals surface area contributed by atoms with Crippen molar-refractivity contribution in [1.29, 1.82) is 0 Å². The number of amides is 1. The number of ether oxygens (including phenoxy) is 1. The highest BCUT2D eigenvalue weighted by Crippen LogP contribution is 2.31. The van der Waals surface area contributed by atoms with E-state index in [1.807, 2.05) is 0 Å². The third-order valence-corrected chi connectivity index (χ3v) is 3.76. The van der Waals surface area contributed by atoms with Crippen molar-refractivity contribution in [1.82, 2.24) is 0 Å². The molecule has 8 nitrogen and oxygen atoms in total. The first-order chi connectivity index (χ1) is 12.7. The molecule has 0 atom stereocenters. The van der Waals surface area contributed by atoms with Crippen molar-refractivity contribution in [2.75, 3.05) is 12.4 Å². The van der Waals surface area contributed by atoms with E-state index < -0.39 is 10.7 Å². The summed E-state index contributed by atoms with van der Waals surface area (Å²) in [6.45, 7) is 2.72. The molecule has 0 aliphatic rings. The number of hydrogen-bond acceptors (Lipinski definition) is 6. The van der Waals surface area contributed by atoms with Gasteiger partial charge in [0.1, 0.15) is 11.5 Å². The molecular weight excluding hydrogens is 352 g/mol. The molecule has 0 unspecified atom stereocenters. The van der Waals surface area contributed by atoms with Crippen LogP contribution in [0.1, 0.15) is 35.3 Å². The van der Waals surface area contributed by atoms with Gasteiger partial charge in [0, 0.05) is 36.6 Å². The van der Waals surface area contributed by atoms with Crippen LogP contribution in [0.5, 0.6) is 5.75 Å². The van der Waals surface area contributed by atoms with Crippen molar-refractivity contribution in [2.45, 2.75) is 20.3 Å². The van der Waals surface area contributed by atoms with Gasteiger partial charge >= 0.3 is 0 Å². The minimum Gasteiger partial charge on any atom is -0.495 e. The molecule has 0 fully saturated rings. The summed E-state index contributed by atoms with van der Waals surface area (Å²) < 4.78 is 5.24. The van der Waals surface area contributed by atoms with Gasteiger partial charge in [0.2, 0.25) is 5.91 Å². The number of hydrogen-bond donors (Lipinski definition) is 1. The van der Waals surface area contributed by atoms with Gasteiger partial charge in [0.15, 0.2) is 5.78 Å². The average Bonchev–Trinajstić information content (AvgIpc) is 2.60. The summed E-state index contributed by atoms with van der Waals surface area (Å²) in [5.41, 5.74) is 1.11. The molecule has 1 N–H and O–H groups in total. The van der Waals surface area contributed by atoms with Gasteiger partial charge in [0.25, 0.3) is 5.69 Å². The first-order valence-corrected chi connectivity index (χ1v) is 8.00. The van der Waals surface area contributed by atoms with E-state index in [0.717, 1.165) is 0 Å². The Morgan fingerprint density at radius 1 is 1.11 bits per heavy atom. The Balaban J connectivity index is 2.54. The van der Waals surface area contributed by atoms with Crippen LogP contribution in [0.2, 0.25) is 0 Å². The second kappa shape index (κ2) is 8.22. The van der Waals surface area contributed by atoms with Gasteiger partial charge in [-0.05, 0) is 36.8 Å². The van der Waals surface area contributed by atoms with Crippen molar-refractivity contribution < 1.29 is 24.0 Å². The third-order valence-electron chi connectivity index (χ3n) is 3.76. The molecule has 0 aliphatic carbocycles. The van der Waals surface area contributed by atoms with Crippen LogP contribution in [0.3, 0.4) is 0 Å². The van der Waals surface area contributed by atoms with E-state index in [9.17, 15) is 24.5 Å². The number of Topliss-reactive ketones (excluding diaryl/α,β-unsaturated/α-hetero) is 1. The smallest absolute Gasteiger partial charge is 0.269 e. The van der Waals surface area contributed by atoms with Crippen molar-refractivity contribution in [3.05, 3.63) is 63.2 Å². The normalized spacial score (nSPS) is 10.2. The molecule has 2 rings (SSSR count). The number of nitro groups is 1.